The Hall–Kier alpha value is 0.390. The van der Waals surface area contributed by atoms with Gasteiger partial charge in [0.25, 0.3) is 0 Å². The molecule has 0 aromatic carbocycles. The zero-order valence-electron chi connectivity index (χ0n) is 9.03. The van der Waals surface area contributed by atoms with Crippen LogP contribution >= 0.6 is 9.24 Å². The normalized spacial score (nSPS) is 9.00. The van der Waals surface area contributed by atoms with E-state index >= 15 is 0 Å². The Morgan fingerprint density at radius 1 is 0.917 bits per heavy atom. The van der Waals surface area contributed by atoms with Crippen LogP contribution in [-0.2, 0) is 0 Å². The molecule has 12 heavy (non-hydrogen) atoms. The minimum Gasteiger partial charge on any atom is -0.317 e. The summed E-state index contributed by atoms with van der Waals surface area (Å²) in [5.74, 6) is 0. The van der Waals surface area contributed by atoms with E-state index in [4.69, 9.17) is 0 Å². The molecule has 0 bridgehead atoms. The first-order valence-electron chi connectivity index (χ1n) is 5.24. The zero-order valence-corrected chi connectivity index (χ0v) is 10.2. The molecule has 1 unspecified atom stereocenters. The molecule has 1 nitrogen and oxygen atoms in total. The molecular weight excluding hydrogens is 165 g/mol. The molecule has 0 aliphatic rings. The van der Waals surface area contributed by atoms with Crippen LogP contribution in [0.1, 0.15) is 46.5 Å². The highest BCUT2D eigenvalue weighted by Crippen LogP contribution is 2.00. The van der Waals surface area contributed by atoms with Crippen molar-refractivity contribution in [1.29, 1.82) is 0 Å². The van der Waals surface area contributed by atoms with E-state index in [0.717, 1.165) is 13.1 Å². The molecule has 1 atom stereocenters. The number of rotatable bonds is 6. The van der Waals surface area contributed by atoms with Gasteiger partial charge in [-0.05, 0) is 25.7 Å². The second-order valence-electron chi connectivity index (χ2n) is 2.81. The summed E-state index contributed by atoms with van der Waals surface area (Å²) in [5.41, 5.74) is 0. The molecule has 0 aromatic rings. The van der Waals surface area contributed by atoms with Crippen molar-refractivity contribution in [1.82, 2.24) is 5.32 Å². The van der Waals surface area contributed by atoms with Gasteiger partial charge in [0.05, 0.1) is 0 Å². The van der Waals surface area contributed by atoms with Gasteiger partial charge in [0.15, 0.2) is 0 Å². The van der Waals surface area contributed by atoms with Gasteiger partial charge in [0.2, 0.25) is 0 Å². The lowest BCUT2D eigenvalue weighted by molar-refractivity contribution is 0.706. The van der Waals surface area contributed by atoms with Gasteiger partial charge < -0.3 is 5.32 Å². The van der Waals surface area contributed by atoms with Gasteiger partial charge in [-0.25, -0.2) is 0 Å². The smallest absolute Gasteiger partial charge is 0.00775 e. The first kappa shape index (κ1) is 14.9. The lowest BCUT2D eigenvalue weighted by atomic mass is 10.2. The summed E-state index contributed by atoms with van der Waals surface area (Å²) in [5, 5.41) is 3.11. The molecule has 0 aliphatic carbocycles. The summed E-state index contributed by atoms with van der Waals surface area (Å²) in [6.45, 7) is 8.63. The molecule has 0 heterocycles. The Morgan fingerprint density at radius 3 is 1.75 bits per heavy atom. The van der Waals surface area contributed by atoms with Crippen molar-refractivity contribution in [3.05, 3.63) is 0 Å². The van der Waals surface area contributed by atoms with Crippen LogP contribution in [0.2, 0.25) is 0 Å². The highest BCUT2D eigenvalue weighted by atomic mass is 31.0. The van der Waals surface area contributed by atoms with E-state index in [1.807, 2.05) is 0 Å². The Labute approximate surface area is 80.9 Å². The predicted molar refractivity (Wildman–Crippen MR) is 62.9 cm³/mol. The fraction of sp³-hybridized carbons (Fsp3) is 1.00. The molecular formula is C10H26NP. The number of hydrogen-bond acceptors (Lipinski definition) is 1. The minimum absolute atomic E-state index is 1.09. The van der Waals surface area contributed by atoms with Crippen LogP contribution in [0.3, 0.4) is 0 Å². The third-order valence-electron chi connectivity index (χ3n) is 1.56. The number of unbranched alkanes of at least 4 members (excludes halogenated alkanes) is 3. The average Bonchev–Trinajstić information content (AvgIpc) is 2.08. The van der Waals surface area contributed by atoms with Crippen molar-refractivity contribution in [2.24, 2.45) is 0 Å². The molecule has 0 aromatic heterocycles. The monoisotopic (exact) mass is 191 g/mol. The number of nitrogens with one attached hydrogen (secondary N) is 1. The summed E-state index contributed by atoms with van der Waals surface area (Å²) in [6.07, 6.45) is 6.84. The Morgan fingerprint density at radius 2 is 1.50 bits per heavy atom. The minimum atomic E-state index is 1.09. The van der Waals surface area contributed by atoms with Crippen molar-refractivity contribution in [3.63, 3.8) is 0 Å². The third-order valence-corrected chi connectivity index (χ3v) is 1.97. The quantitative estimate of drug-likeness (QED) is 0.502. The molecule has 0 fully saturated rings. The summed E-state index contributed by atoms with van der Waals surface area (Å²) >= 11 is 0. The van der Waals surface area contributed by atoms with Crippen LogP contribution in [0.4, 0.5) is 0 Å². The van der Waals surface area contributed by atoms with Crippen LogP contribution < -0.4 is 5.32 Å². The second-order valence-corrected chi connectivity index (χ2v) is 3.38. The average molecular weight is 191 g/mol. The van der Waals surface area contributed by atoms with E-state index in [-0.39, 0.29) is 0 Å². The molecule has 2 heteroatoms. The van der Waals surface area contributed by atoms with Gasteiger partial charge in [0.1, 0.15) is 0 Å². The molecule has 0 rings (SSSR count). The molecule has 0 radical (unpaired) electrons. The standard InChI is InChI=1S/C6H15P.C4H11N/c1-2-3-4-5-6-7;1-3-5-4-2/h2-7H2,1H3;5H,3-4H2,1-2H3. The third kappa shape index (κ3) is 22.4. The maximum Gasteiger partial charge on any atom is -0.00775 e. The first-order valence-corrected chi connectivity index (χ1v) is 6.05. The van der Waals surface area contributed by atoms with E-state index in [2.05, 4.69) is 35.3 Å². The highest BCUT2D eigenvalue weighted by molar-refractivity contribution is 7.16. The summed E-state index contributed by atoms with van der Waals surface area (Å²) in [7, 11) is 2.75. The predicted octanol–water partition coefficient (Wildman–Crippen LogP) is 3.06. The topological polar surface area (TPSA) is 12.0 Å². The Balaban J connectivity index is 0. The molecule has 0 amide bonds. The number of hydrogen-bond donors (Lipinski definition) is 1. The Kier molecular flexibility index (Phi) is 21.7. The second kappa shape index (κ2) is 17.5. The maximum atomic E-state index is 3.11. The van der Waals surface area contributed by atoms with Crippen LogP contribution in [-0.4, -0.2) is 19.3 Å². The molecule has 76 valence electrons. The SMILES string of the molecule is CCCCCCP.CCNCC. The van der Waals surface area contributed by atoms with E-state index in [0.29, 0.717) is 0 Å². The van der Waals surface area contributed by atoms with E-state index in [9.17, 15) is 0 Å². The Bertz CT molecular complexity index is 51.8. The maximum absolute atomic E-state index is 3.11. The van der Waals surface area contributed by atoms with Crippen LogP contribution in [0.15, 0.2) is 0 Å². The van der Waals surface area contributed by atoms with Gasteiger partial charge in [-0.3, -0.25) is 0 Å². The van der Waals surface area contributed by atoms with E-state index < -0.39 is 0 Å². The van der Waals surface area contributed by atoms with Gasteiger partial charge in [-0.15, -0.1) is 9.24 Å². The van der Waals surface area contributed by atoms with Gasteiger partial charge in [-0.2, -0.15) is 0 Å². The molecule has 0 spiro atoms. The summed E-state index contributed by atoms with van der Waals surface area (Å²) in [6, 6.07) is 0. The van der Waals surface area contributed by atoms with Crippen LogP contribution in [0.5, 0.6) is 0 Å². The highest BCUT2D eigenvalue weighted by Gasteiger charge is 1.80. The van der Waals surface area contributed by atoms with Gasteiger partial charge in [0, 0.05) is 0 Å². The van der Waals surface area contributed by atoms with Gasteiger partial charge >= 0.3 is 0 Å². The fourth-order valence-corrected chi connectivity index (χ4v) is 1.11. The van der Waals surface area contributed by atoms with Crippen molar-refractivity contribution in [2.75, 3.05) is 19.3 Å². The van der Waals surface area contributed by atoms with Crippen molar-refractivity contribution in [2.45, 2.75) is 46.5 Å². The molecule has 0 saturated heterocycles. The largest absolute Gasteiger partial charge is 0.317 e. The summed E-state index contributed by atoms with van der Waals surface area (Å²) in [4.78, 5) is 0. The zero-order chi connectivity index (χ0) is 9.66. The lowest BCUT2D eigenvalue weighted by Gasteiger charge is -1.90. The van der Waals surface area contributed by atoms with Crippen molar-refractivity contribution in [3.8, 4) is 0 Å². The summed E-state index contributed by atoms with van der Waals surface area (Å²) < 4.78 is 0. The first-order chi connectivity index (χ1) is 5.83. The van der Waals surface area contributed by atoms with Crippen LogP contribution in [0, 0.1) is 0 Å². The molecule has 0 saturated carbocycles. The molecule has 1 N–H and O–H groups in total. The van der Waals surface area contributed by atoms with E-state index in [1.54, 1.807) is 0 Å². The lowest BCUT2D eigenvalue weighted by Crippen LogP contribution is -2.09. The van der Waals surface area contributed by atoms with Gasteiger partial charge in [-0.1, -0.05) is 40.0 Å². The fourth-order valence-electron chi connectivity index (χ4n) is 0.821. The molecule has 0 aliphatic heterocycles. The van der Waals surface area contributed by atoms with Crippen LogP contribution in [0.25, 0.3) is 0 Å². The van der Waals surface area contributed by atoms with Crippen molar-refractivity contribution < 1.29 is 0 Å². The van der Waals surface area contributed by atoms with E-state index in [1.165, 1.54) is 31.8 Å². The van der Waals surface area contributed by atoms with Crippen molar-refractivity contribution >= 4 is 9.24 Å².